The average molecular weight is 365 g/mol. The Kier molecular flexibility index (Phi) is 34.4. The number of Topliss-reactive ketones (excluding diaryl/α,β-unsaturated/α-hetero) is 1. The largest absolute Gasteiger partial charge is 0.394 e. The molecular formula is C13H32O5S3. The van der Waals surface area contributed by atoms with E-state index in [1.54, 1.807) is 26.4 Å². The van der Waals surface area contributed by atoms with Crippen LogP contribution in [-0.2, 0) is 25.4 Å². The molecule has 0 aliphatic carbocycles. The van der Waals surface area contributed by atoms with Crippen LogP contribution in [0.1, 0.15) is 41.5 Å². The highest BCUT2D eigenvalue weighted by Crippen LogP contribution is 1.65. The van der Waals surface area contributed by atoms with Crippen LogP contribution in [0.2, 0.25) is 0 Å². The molecule has 8 heteroatoms. The van der Waals surface area contributed by atoms with Crippen LogP contribution in [-0.4, -0.2) is 59.5 Å². The van der Waals surface area contributed by atoms with Crippen LogP contribution in [0.15, 0.2) is 0 Å². The molecule has 0 saturated carbocycles. The van der Waals surface area contributed by atoms with Gasteiger partial charge in [0.15, 0.2) is 0 Å². The number of sulfone groups is 1. The molecule has 21 heavy (non-hydrogen) atoms. The molecule has 0 heterocycles. The maximum Gasteiger partial charge on any atom is 0.144 e. The molecule has 0 radical (unpaired) electrons. The minimum atomic E-state index is -2.67. The van der Waals surface area contributed by atoms with E-state index in [-0.39, 0.29) is 11.9 Å². The highest BCUT2D eigenvalue weighted by Gasteiger charge is 1.79. The smallest absolute Gasteiger partial charge is 0.144 e. The molecular weight excluding hydrogens is 332 g/mol. The monoisotopic (exact) mass is 364 g/mol. The Bertz CT molecular complexity index is 309. The van der Waals surface area contributed by atoms with Crippen LogP contribution in [0.4, 0.5) is 0 Å². The number of aliphatic hydroxyl groups excluding tert-OH is 1. The summed E-state index contributed by atoms with van der Waals surface area (Å²) in [5.74, 6) is 0.167. The van der Waals surface area contributed by atoms with Crippen molar-refractivity contribution >= 4 is 43.5 Å². The van der Waals surface area contributed by atoms with E-state index in [1.807, 2.05) is 13.8 Å². The second kappa shape index (κ2) is 22.1. The molecule has 0 unspecified atom stereocenters. The van der Waals surface area contributed by atoms with Crippen LogP contribution < -0.4 is 0 Å². The van der Waals surface area contributed by atoms with Crippen molar-refractivity contribution in [2.45, 2.75) is 47.6 Å². The molecule has 1 N–H and O–H groups in total. The first-order valence-corrected chi connectivity index (χ1v) is 10.6. The minimum Gasteiger partial charge on any atom is -0.394 e. The second-order valence-corrected chi connectivity index (χ2v) is 9.38. The Morgan fingerprint density at radius 2 is 1.05 bits per heavy atom. The predicted molar refractivity (Wildman–Crippen MR) is 98.4 cm³/mol. The van der Waals surface area contributed by atoms with E-state index in [0.717, 1.165) is 17.4 Å². The van der Waals surface area contributed by atoms with Crippen LogP contribution in [0.5, 0.6) is 0 Å². The normalized spacial score (nSPS) is 8.62. The molecule has 0 fully saturated rings. The Morgan fingerprint density at radius 1 is 1.05 bits per heavy atom. The molecule has 0 aliphatic heterocycles. The van der Waals surface area contributed by atoms with Gasteiger partial charge in [0.2, 0.25) is 0 Å². The fourth-order valence-corrected chi connectivity index (χ4v) is 0. The van der Waals surface area contributed by atoms with Gasteiger partial charge in [-0.1, -0.05) is 12.2 Å². The van der Waals surface area contributed by atoms with Crippen molar-refractivity contribution in [2.75, 3.05) is 25.0 Å². The summed E-state index contributed by atoms with van der Waals surface area (Å²) in [6.45, 7) is 10.3. The fourth-order valence-electron chi connectivity index (χ4n) is 0. The summed E-state index contributed by atoms with van der Waals surface area (Å²) < 4.78 is 28.8. The summed E-state index contributed by atoms with van der Waals surface area (Å²) in [5, 5.41) is 8.06. The maximum absolute atomic E-state index is 9.63. The first-order chi connectivity index (χ1) is 8.93. The van der Waals surface area contributed by atoms with Crippen molar-refractivity contribution in [1.29, 1.82) is 0 Å². The molecule has 132 valence electrons. The highest BCUT2D eigenvalue weighted by molar-refractivity contribution is 7.89. The second-order valence-electron chi connectivity index (χ2n) is 4.79. The van der Waals surface area contributed by atoms with Crippen molar-refractivity contribution in [1.82, 2.24) is 0 Å². The molecule has 0 spiro atoms. The lowest BCUT2D eigenvalue weighted by Crippen LogP contribution is -1.86. The zero-order valence-electron chi connectivity index (χ0n) is 14.9. The standard InChI is InChI=1S/C3H8O.C3H6O.C3H6S.C2H6O2S.C2H6OS/c3*1-3(2)4;1-5(2,3)4;1-4(2)3/h3-4H,1-2H3;2*1-2H3;1-2H3;1-2H3. The predicted octanol–water partition coefficient (Wildman–Crippen LogP) is 2.03. The SMILES string of the molecule is CC(C)=O.CC(C)=S.CC(C)O.CS(C)(=O)=O.CS(C)=O. The van der Waals surface area contributed by atoms with Crippen molar-refractivity contribution in [3.8, 4) is 0 Å². The van der Waals surface area contributed by atoms with Crippen molar-refractivity contribution in [2.24, 2.45) is 0 Å². The van der Waals surface area contributed by atoms with Gasteiger partial charge in [-0.25, -0.2) is 8.42 Å². The lowest BCUT2D eigenvalue weighted by Gasteiger charge is -1.80. The molecule has 0 aliphatic rings. The van der Waals surface area contributed by atoms with E-state index in [1.165, 1.54) is 13.8 Å². The summed E-state index contributed by atoms with van der Waals surface area (Å²) in [4.78, 5) is 10.4. The van der Waals surface area contributed by atoms with Crippen molar-refractivity contribution in [3.63, 3.8) is 0 Å². The first kappa shape index (κ1) is 32.7. The van der Waals surface area contributed by atoms with Crippen LogP contribution in [0.3, 0.4) is 0 Å². The summed E-state index contributed by atoms with van der Waals surface area (Å²) in [5.41, 5.74) is 0. The third-order valence-electron chi connectivity index (χ3n) is 0. The molecule has 0 amide bonds. The number of rotatable bonds is 0. The molecule has 0 saturated heterocycles. The van der Waals surface area contributed by atoms with Gasteiger partial charge >= 0.3 is 0 Å². The van der Waals surface area contributed by atoms with Gasteiger partial charge in [-0.05, 0) is 46.4 Å². The minimum absolute atomic E-state index is 0.167. The number of ketones is 1. The van der Waals surface area contributed by atoms with E-state index in [2.05, 4.69) is 12.2 Å². The highest BCUT2D eigenvalue weighted by atomic mass is 32.2. The molecule has 0 aromatic heterocycles. The van der Waals surface area contributed by atoms with Gasteiger partial charge in [-0.3, -0.25) is 4.21 Å². The first-order valence-electron chi connectivity index (χ1n) is 5.95. The van der Waals surface area contributed by atoms with Gasteiger partial charge < -0.3 is 9.90 Å². The zero-order chi connectivity index (χ0) is 18.8. The Hall–Kier alpha value is -0.180. The lowest BCUT2D eigenvalue weighted by molar-refractivity contribution is -0.115. The summed E-state index contributed by atoms with van der Waals surface area (Å²) >= 11 is 4.54. The van der Waals surface area contributed by atoms with Crippen molar-refractivity contribution < 1.29 is 22.5 Å². The van der Waals surface area contributed by atoms with Gasteiger partial charge in [0.1, 0.15) is 15.6 Å². The molecule has 5 nitrogen and oxygen atoms in total. The third-order valence-corrected chi connectivity index (χ3v) is 0. The number of carbonyl (C=O) groups is 1. The summed E-state index contributed by atoms with van der Waals surface area (Å²) in [6.07, 6.45) is 5.43. The molecule has 0 bridgehead atoms. The molecule has 0 aromatic rings. The fraction of sp³-hybridized carbons (Fsp3) is 0.846. The third kappa shape index (κ3) is 194000. The van der Waals surface area contributed by atoms with Gasteiger partial charge in [-0.2, -0.15) is 0 Å². The van der Waals surface area contributed by atoms with Gasteiger partial charge in [0, 0.05) is 41.9 Å². The van der Waals surface area contributed by atoms with E-state index in [4.69, 9.17) is 5.11 Å². The number of hydrogen-bond acceptors (Lipinski definition) is 6. The van der Waals surface area contributed by atoms with E-state index < -0.39 is 20.6 Å². The van der Waals surface area contributed by atoms with Gasteiger partial charge in [0.25, 0.3) is 0 Å². The lowest BCUT2D eigenvalue weighted by atomic mass is 10.5. The number of carbonyl (C=O) groups excluding carboxylic acids is 1. The molecule has 0 atom stereocenters. The van der Waals surface area contributed by atoms with Crippen LogP contribution in [0, 0.1) is 0 Å². The molecule has 0 aromatic carbocycles. The van der Waals surface area contributed by atoms with Gasteiger partial charge in [0.05, 0.1) is 0 Å². The Labute approximate surface area is 138 Å². The van der Waals surface area contributed by atoms with Gasteiger partial charge in [-0.15, -0.1) is 0 Å². The maximum atomic E-state index is 9.63. The number of hydrogen-bond donors (Lipinski definition) is 1. The Morgan fingerprint density at radius 3 is 1.05 bits per heavy atom. The van der Waals surface area contributed by atoms with Crippen LogP contribution in [0.25, 0.3) is 0 Å². The van der Waals surface area contributed by atoms with E-state index in [9.17, 15) is 17.4 Å². The van der Waals surface area contributed by atoms with E-state index in [0.29, 0.717) is 0 Å². The van der Waals surface area contributed by atoms with E-state index >= 15 is 0 Å². The Balaban J connectivity index is -0.0000000510. The number of aliphatic hydroxyl groups is 1. The van der Waals surface area contributed by atoms with Crippen LogP contribution >= 0.6 is 12.2 Å². The summed E-state index contributed by atoms with van der Waals surface area (Å²) in [7, 11) is -3.28. The topological polar surface area (TPSA) is 88.5 Å². The summed E-state index contributed by atoms with van der Waals surface area (Å²) in [6, 6.07) is 0. The molecule has 0 rings (SSSR count). The zero-order valence-corrected chi connectivity index (χ0v) is 17.3. The number of thiocarbonyl (C=S) groups is 1. The quantitative estimate of drug-likeness (QED) is 0.662. The average Bonchev–Trinajstić information content (AvgIpc) is 1.91. The van der Waals surface area contributed by atoms with Crippen molar-refractivity contribution in [3.05, 3.63) is 0 Å².